The molecule has 0 spiro atoms. The van der Waals surface area contributed by atoms with Gasteiger partial charge < -0.3 is 31.9 Å². The monoisotopic (exact) mass is 1260 g/mol. The van der Waals surface area contributed by atoms with Crippen molar-refractivity contribution >= 4 is 144 Å². The zero-order valence-corrected chi connectivity index (χ0v) is 49.6. The number of benzene rings is 8. The van der Waals surface area contributed by atoms with Crippen LogP contribution in [-0.4, -0.2) is 118 Å². The van der Waals surface area contributed by atoms with E-state index in [0.717, 1.165) is 73.9 Å². The molecule has 23 nitrogen and oxygen atoms in total. The summed E-state index contributed by atoms with van der Waals surface area (Å²) in [4.78, 5) is 63.5. The Morgan fingerprint density at radius 3 is 0.774 bits per heavy atom. The Hall–Kier alpha value is -8.87. The van der Waals surface area contributed by atoms with Crippen LogP contribution in [-0.2, 0) is 59.0 Å². The lowest BCUT2D eigenvalue weighted by Gasteiger charge is -2.16. The molecule has 0 fully saturated rings. The van der Waals surface area contributed by atoms with E-state index < -0.39 is 108 Å². The van der Waals surface area contributed by atoms with Crippen LogP contribution in [0.2, 0.25) is 0 Å². The summed E-state index contributed by atoms with van der Waals surface area (Å²) in [6.07, 6.45) is 5.05. The molecule has 8 rings (SSSR count). The van der Waals surface area contributed by atoms with E-state index in [1.165, 1.54) is 109 Å². The predicted molar refractivity (Wildman–Crippen MR) is 317 cm³/mol. The minimum Gasteiger partial charge on any atom is -0.322 e. The highest BCUT2D eigenvalue weighted by atomic mass is 32.2. The van der Waals surface area contributed by atoms with Crippen molar-refractivity contribution in [2.75, 3.05) is 69.4 Å². The van der Waals surface area contributed by atoms with Crippen LogP contribution in [0, 0.1) is 0 Å². The number of rotatable bonds is 16. The molecule has 6 amide bonds. The second-order valence-corrected chi connectivity index (χ2v) is 31.2. The van der Waals surface area contributed by atoms with E-state index in [1.54, 1.807) is 0 Å². The molecule has 0 saturated heterocycles. The Morgan fingerprint density at radius 1 is 0.274 bits per heavy atom. The zero-order valence-electron chi connectivity index (χ0n) is 44.7. The van der Waals surface area contributed by atoms with Crippen LogP contribution < -0.4 is 31.9 Å². The number of urea groups is 1. The smallest absolute Gasteiger partial charge is 0.322 e. The second kappa shape index (κ2) is 22.7. The second-order valence-electron chi connectivity index (χ2n) is 19.2. The number of anilines is 6. The van der Waals surface area contributed by atoms with Crippen LogP contribution in [0.4, 0.5) is 38.9 Å². The third-order valence-electron chi connectivity index (χ3n) is 12.6. The number of carbonyl (C=O) groups is 5. The lowest BCUT2D eigenvalue weighted by Crippen LogP contribution is -2.20. The summed E-state index contributed by atoms with van der Waals surface area (Å²) in [7, 11) is -24.5. The molecule has 0 heterocycles. The van der Waals surface area contributed by atoms with Crippen LogP contribution in [0.3, 0.4) is 0 Å². The van der Waals surface area contributed by atoms with Gasteiger partial charge in [0.25, 0.3) is 23.6 Å². The van der Waals surface area contributed by atoms with Gasteiger partial charge in [0.1, 0.15) is 0 Å². The first-order valence-corrected chi connectivity index (χ1v) is 35.5. The molecular formula is C55H48N6O17S6. The fraction of sp³-hybridized carbons (Fsp3) is 0.109. The van der Waals surface area contributed by atoms with Gasteiger partial charge in [-0.05, 0) is 146 Å². The van der Waals surface area contributed by atoms with Gasteiger partial charge in [0, 0.05) is 104 Å². The van der Waals surface area contributed by atoms with Gasteiger partial charge in [-0.25, -0.2) is 55.3 Å². The molecule has 8 aromatic rings. The van der Waals surface area contributed by atoms with Crippen molar-refractivity contribution < 1.29 is 74.5 Å². The van der Waals surface area contributed by atoms with Crippen molar-refractivity contribution in [2.24, 2.45) is 0 Å². The first-order chi connectivity index (χ1) is 38.9. The van der Waals surface area contributed by atoms with Crippen molar-refractivity contribution in [3.8, 4) is 0 Å². The molecule has 0 aliphatic carbocycles. The molecule has 0 aliphatic heterocycles. The summed E-state index contributed by atoms with van der Waals surface area (Å²) in [5, 5.41) is 14.9. The fourth-order valence-corrected chi connectivity index (χ4v) is 13.7. The third-order valence-corrected chi connectivity index (χ3v) is 19.3. The van der Waals surface area contributed by atoms with E-state index in [2.05, 4.69) is 31.9 Å². The minimum atomic E-state index is -4.20. The van der Waals surface area contributed by atoms with E-state index in [9.17, 15) is 74.5 Å². The number of nitrogens with one attached hydrogen (secondary N) is 6. The molecule has 29 heteroatoms. The molecule has 6 N–H and O–H groups in total. The molecule has 436 valence electrons. The van der Waals surface area contributed by atoms with Crippen molar-refractivity contribution in [3.63, 3.8) is 0 Å². The number of sulfone groups is 6. The van der Waals surface area contributed by atoms with Crippen molar-refractivity contribution in [2.45, 2.75) is 29.4 Å². The Bertz CT molecular complexity index is 4520. The van der Waals surface area contributed by atoms with E-state index in [-0.39, 0.29) is 76.3 Å². The summed E-state index contributed by atoms with van der Waals surface area (Å²) in [5.74, 6) is -2.61. The summed E-state index contributed by atoms with van der Waals surface area (Å²) in [5.41, 5.74) is 1.41. The Kier molecular flexibility index (Phi) is 16.5. The maximum Gasteiger partial charge on any atom is 0.323 e. The van der Waals surface area contributed by atoms with Gasteiger partial charge in [-0.15, -0.1) is 0 Å². The van der Waals surface area contributed by atoms with Crippen molar-refractivity contribution in [1.29, 1.82) is 0 Å². The van der Waals surface area contributed by atoms with Gasteiger partial charge in [0.15, 0.2) is 59.0 Å². The lowest BCUT2D eigenvalue weighted by molar-refractivity contribution is 0.101. The molecule has 0 radical (unpaired) electrons. The molecule has 0 saturated carbocycles. The normalized spacial score (nSPS) is 12.3. The number of carbonyl (C=O) groups excluding carboxylic acids is 5. The molecule has 84 heavy (non-hydrogen) atoms. The summed E-state index contributed by atoms with van der Waals surface area (Å²) in [6, 6.07) is 30.6. The van der Waals surface area contributed by atoms with Crippen molar-refractivity contribution in [3.05, 3.63) is 168 Å². The first kappa shape index (κ1) is 61.2. The molecule has 0 aliphatic rings. The number of amides is 6. The van der Waals surface area contributed by atoms with Crippen molar-refractivity contribution in [1.82, 2.24) is 0 Å². The van der Waals surface area contributed by atoms with Gasteiger partial charge >= 0.3 is 6.03 Å². The largest absolute Gasteiger partial charge is 0.323 e. The Balaban J connectivity index is 0.850. The van der Waals surface area contributed by atoms with Crippen LogP contribution in [0.5, 0.6) is 0 Å². The summed E-state index contributed by atoms with van der Waals surface area (Å²) >= 11 is 0. The topological polar surface area (TPSA) is 362 Å². The van der Waals surface area contributed by atoms with Crippen LogP contribution in [0.25, 0.3) is 21.5 Å². The van der Waals surface area contributed by atoms with E-state index in [4.69, 9.17) is 0 Å². The van der Waals surface area contributed by atoms with Gasteiger partial charge in [0.2, 0.25) is 0 Å². The number of fused-ring (bicyclic) bond motifs is 2. The molecule has 8 aromatic carbocycles. The predicted octanol–water partition coefficient (Wildman–Crippen LogP) is 7.07. The van der Waals surface area contributed by atoms with E-state index in [1.807, 2.05) is 0 Å². The quantitative estimate of drug-likeness (QED) is 0.0563. The van der Waals surface area contributed by atoms with Gasteiger partial charge in [-0.2, -0.15) is 0 Å². The lowest BCUT2D eigenvalue weighted by atomic mass is 10.1. The fourth-order valence-electron chi connectivity index (χ4n) is 8.57. The average molecular weight is 1260 g/mol. The maximum atomic E-state index is 13.5. The highest BCUT2D eigenvalue weighted by molar-refractivity contribution is 7.92. The molecule has 0 unspecified atom stereocenters. The molecule has 0 bridgehead atoms. The highest BCUT2D eigenvalue weighted by Crippen LogP contribution is 2.39. The van der Waals surface area contributed by atoms with Gasteiger partial charge in [0.05, 0.1) is 40.7 Å². The highest BCUT2D eigenvalue weighted by Gasteiger charge is 2.28. The molecule has 0 aromatic heterocycles. The Morgan fingerprint density at radius 2 is 0.524 bits per heavy atom. The standard InChI is InChI=1S/C55H48N6O17S6/c1-79(67,68)39-27-41-45(81(3,71)72)25-23-43(49(41)47(29-39)83(5,75)76)60-53(64)33-7-15-35(16-8-33)56-51(62)31-11-19-37(20-12-31)58-55(66)59-38-21-13-32(14-22-38)52(63)57-36-17-9-34(10-18-36)54(65)61-44-24-26-46(82(4,73)74)42-28-40(80(2,69)70)30-48(50(42)44)84(6,77)78/h7-30H,1-6H3,(H,56,62)(H,57,63)(H,60,64)(H,61,65)(H2,58,59,66). The van der Waals surface area contributed by atoms with Gasteiger partial charge in [-0.1, -0.05) is 0 Å². The van der Waals surface area contributed by atoms with Gasteiger partial charge in [-0.3, -0.25) is 19.2 Å². The van der Waals surface area contributed by atoms with Crippen LogP contribution in [0.1, 0.15) is 41.4 Å². The average Bonchev–Trinajstić information content (AvgIpc) is 3.60. The summed E-state index contributed by atoms with van der Waals surface area (Å²) in [6.45, 7) is 0. The number of hydrogen-bond donors (Lipinski definition) is 6. The minimum absolute atomic E-state index is 0.0500. The maximum absolute atomic E-state index is 13.5. The molecular weight excluding hydrogens is 1210 g/mol. The molecule has 0 atom stereocenters. The summed E-state index contributed by atoms with van der Waals surface area (Å²) < 4.78 is 153. The van der Waals surface area contributed by atoms with E-state index >= 15 is 0 Å². The van der Waals surface area contributed by atoms with Crippen LogP contribution >= 0.6 is 0 Å². The first-order valence-electron chi connectivity index (χ1n) is 24.1. The zero-order chi connectivity index (χ0) is 61.6. The third kappa shape index (κ3) is 14.0. The number of hydrogen-bond acceptors (Lipinski definition) is 17. The van der Waals surface area contributed by atoms with Crippen LogP contribution in [0.15, 0.2) is 175 Å². The SMILES string of the molecule is CS(=O)(=O)c1cc(S(C)(=O)=O)c2c(NC(=O)c3ccc(NC(=O)c4ccc(NC(=O)Nc5ccc(C(=O)Nc6ccc(C(=O)Nc7ccc(S(C)(=O)=O)c8cc(S(C)(=O)=O)cc(S(C)(=O)=O)c78)cc6)cc5)cc4)cc3)ccc(S(C)(=O)=O)c2c1. The van der Waals surface area contributed by atoms with E-state index in [0.29, 0.717) is 11.4 Å². The Labute approximate surface area is 482 Å².